The van der Waals surface area contributed by atoms with Crippen molar-refractivity contribution >= 4 is 5.91 Å². The van der Waals surface area contributed by atoms with Crippen LogP contribution in [0.1, 0.15) is 40.6 Å². The van der Waals surface area contributed by atoms with Crippen molar-refractivity contribution in [2.45, 2.75) is 25.2 Å². The van der Waals surface area contributed by atoms with Gasteiger partial charge in [0.15, 0.2) is 0 Å². The van der Waals surface area contributed by atoms with Gasteiger partial charge in [-0.1, -0.05) is 17.3 Å². The summed E-state index contributed by atoms with van der Waals surface area (Å²) in [6.45, 7) is 1.90. The number of carbonyl (C=O) groups excluding carboxylic acids is 1. The Morgan fingerprint density at radius 3 is 3.03 bits per heavy atom. The normalized spacial score (nSPS) is 18.4. The molecular weight excluding hydrogens is 373 g/mol. The Hall–Kier alpha value is -3.22. The van der Waals surface area contributed by atoms with Crippen LogP contribution in [0, 0.1) is 5.82 Å². The molecule has 0 radical (unpaired) electrons. The maximum Gasteiger partial charge on any atom is 0.253 e. The summed E-state index contributed by atoms with van der Waals surface area (Å²) in [6.07, 6.45) is 2.57. The maximum atomic E-state index is 13.5. The summed E-state index contributed by atoms with van der Waals surface area (Å²) < 4.78 is 24.4. The first-order valence-corrected chi connectivity index (χ1v) is 9.82. The number of aromatic nitrogens is 2. The van der Waals surface area contributed by atoms with Gasteiger partial charge in [-0.3, -0.25) is 4.79 Å². The number of benzene rings is 2. The average molecular weight is 393 g/mol. The lowest BCUT2D eigenvalue weighted by molar-refractivity contribution is 0.0695. The number of piperidine rings is 1. The average Bonchev–Trinajstić information content (AvgIpc) is 3.42. The van der Waals surface area contributed by atoms with Crippen molar-refractivity contribution in [3.63, 3.8) is 0 Å². The molecule has 1 saturated heterocycles. The van der Waals surface area contributed by atoms with Crippen molar-refractivity contribution in [2.24, 2.45) is 0 Å². The van der Waals surface area contributed by atoms with Gasteiger partial charge in [0, 0.05) is 30.6 Å². The molecule has 148 valence electrons. The topological polar surface area (TPSA) is 68.5 Å². The molecule has 0 aliphatic carbocycles. The quantitative estimate of drug-likeness (QED) is 0.677. The van der Waals surface area contributed by atoms with E-state index in [0.29, 0.717) is 42.5 Å². The van der Waals surface area contributed by atoms with Crippen LogP contribution >= 0.6 is 0 Å². The molecule has 0 spiro atoms. The van der Waals surface area contributed by atoms with Crippen LogP contribution in [-0.2, 0) is 6.42 Å². The van der Waals surface area contributed by atoms with Gasteiger partial charge in [-0.15, -0.1) is 0 Å². The molecule has 7 heteroatoms. The summed E-state index contributed by atoms with van der Waals surface area (Å²) in [5, 5.41) is 4.00. The smallest absolute Gasteiger partial charge is 0.253 e. The highest BCUT2D eigenvalue weighted by atomic mass is 19.1. The van der Waals surface area contributed by atoms with Gasteiger partial charge in [-0.2, -0.15) is 4.98 Å². The van der Waals surface area contributed by atoms with Crippen LogP contribution in [-0.4, -0.2) is 40.6 Å². The van der Waals surface area contributed by atoms with Crippen LogP contribution in [0.4, 0.5) is 4.39 Å². The standard InChI is InChI=1S/C22H20FN3O3/c23-18-5-1-3-15(12-18)20-24-21(29-25-20)17-4-2-9-26(13-17)22(27)16-6-7-19-14(11-16)8-10-28-19/h1,3,5-7,11-12,17H,2,4,8-10,13H2. The Morgan fingerprint density at radius 2 is 2.14 bits per heavy atom. The Balaban J connectivity index is 1.32. The summed E-state index contributed by atoms with van der Waals surface area (Å²) in [5.74, 6) is 1.36. The van der Waals surface area contributed by atoms with Gasteiger partial charge in [-0.25, -0.2) is 4.39 Å². The Morgan fingerprint density at radius 1 is 1.21 bits per heavy atom. The highest BCUT2D eigenvalue weighted by Gasteiger charge is 2.29. The number of nitrogens with zero attached hydrogens (tertiary/aromatic N) is 3. The molecule has 2 aliphatic rings. The SMILES string of the molecule is O=C(c1ccc2c(c1)CCO2)N1CCCC(c2nc(-c3cccc(F)c3)no2)C1. The van der Waals surface area contributed by atoms with Crippen LogP contribution in [0.5, 0.6) is 5.75 Å². The second-order valence-electron chi connectivity index (χ2n) is 7.48. The molecule has 0 saturated carbocycles. The zero-order valence-corrected chi connectivity index (χ0v) is 15.8. The molecule has 29 heavy (non-hydrogen) atoms. The van der Waals surface area contributed by atoms with E-state index in [1.165, 1.54) is 12.1 Å². The number of ether oxygens (including phenoxy) is 1. The molecule has 1 amide bonds. The fourth-order valence-corrected chi connectivity index (χ4v) is 4.01. The third kappa shape index (κ3) is 3.48. The summed E-state index contributed by atoms with van der Waals surface area (Å²) in [6, 6.07) is 11.7. The number of halogens is 1. The molecule has 1 atom stereocenters. The number of likely N-dealkylation sites (tertiary alicyclic amines) is 1. The third-order valence-electron chi connectivity index (χ3n) is 5.52. The van der Waals surface area contributed by atoms with E-state index in [9.17, 15) is 9.18 Å². The molecule has 0 bridgehead atoms. The van der Waals surface area contributed by atoms with Crippen molar-refractivity contribution in [1.82, 2.24) is 15.0 Å². The minimum Gasteiger partial charge on any atom is -0.493 e. The summed E-state index contributed by atoms with van der Waals surface area (Å²) in [5.41, 5.74) is 2.34. The zero-order chi connectivity index (χ0) is 19.8. The number of rotatable bonds is 3. The van der Waals surface area contributed by atoms with Gasteiger partial charge in [0.1, 0.15) is 11.6 Å². The number of hydrogen-bond donors (Lipinski definition) is 0. The molecule has 0 N–H and O–H groups in total. The molecule has 6 nitrogen and oxygen atoms in total. The van der Waals surface area contributed by atoms with Crippen LogP contribution in [0.2, 0.25) is 0 Å². The lowest BCUT2D eigenvalue weighted by atomic mass is 9.97. The molecule has 3 heterocycles. The fraction of sp³-hybridized carbons (Fsp3) is 0.318. The minimum atomic E-state index is -0.344. The van der Waals surface area contributed by atoms with E-state index in [4.69, 9.17) is 9.26 Å². The van der Waals surface area contributed by atoms with Gasteiger partial charge in [-0.05, 0) is 48.7 Å². The van der Waals surface area contributed by atoms with Crippen molar-refractivity contribution in [1.29, 1.82) is 0 Å². The van der Waals surface area contributed by atoms with Gasteiger partial charge < -0.3 is 14.2 Å². The molecular formula is C22H20FN3O3. The third-order valence-corrected chi connectivity index (χ3v) is 5.52. The second kappa shape index (κ2) is 7.31. The highest BCUT2D eigenvalue weighted by Crippen LogP contribution is 2.30. The number of amides is 1. The largest absolute Gasteiger partial charge is 0.493 e. The molecule has 1 fully saturated rings. The molecule has 2 aliphatic heterocycles. The van der Waals surface area contributed by atoms with Crippen LogP contribution in [0.15, 0.2) is 47.0 Å². The van der Waals surface area contributed by atoms with E-state index >= 15 is 0 Å². The molecule has 1 aromatic heterocycles. The number of carbonyl (C=O) groups is 1. The van der Waals surface area contributed by atoms with Crippen molar-refractivity contribution < 1.29 is 18.4 Å². The van der Waals surface area contributed by atoms with E-state index in [2.05, 4.69) is 10.1 Å². The van der Waals surface area contributed by atoms with E-state index < -0.39 is 0 Å². The van der Waals surface area contributed by atoms with E-state index in [1.807, 2.05) is 23.1 Å². The molecule has 3 aromatic rings. The second-order valence-corrected chi connectivity index (χ2v) is 7.48. The first kappa shape index (κ1) is 17.8. The molecule has 2 aromatic carbocycles. The Kier molecular flexibility index (Phi) is 4.50. The number of hydrogen-bond acceptors (Lipinski definition) is 5. The summed E-state index contributed by atoms with van der Waals surface area (Å²) >= 11 is 0. The maximum absolute atomic E-state index is 13.5. The van der Waals surface area contributed by atoms with Gasteiger partial charge >= 0.3 is 0 Å². The van der Waals surface area contributed by atoms with E-state index in [1.54, 1.807) is 12.1 Å². The van der Waals surface area contributed by atoms with Crippen LogP contribution in [0.3, 0.4) is 0 Å². The Labute approximate surface area is 167 Å². The van der Waals surface area contributed by atoms with Crippen molar-refractivity contribution in [3.05, 3.63) is 65.3 Å². The summed E-state index contributed by atoms with van der Waals surface area (Å²) in [7, 11) is 0. The Bertz CT molecular complexity index is 1060. The predicted molar refractivity (Wildman–Crippen MR) is 103 cm³/mol. The fourth-order valence-electron chi connectivity index (χ4n) is 4.01. The lowest BCUT2D eigenvalue weighted by Gasteiger charge is -2.31. The molecule has 5 rings (SSSR count). The monoisotopic (exact) mass is 393 g/mol. The van der Waals surface area contributed by atoms with Gasteiger partial charge in [0.2, 0.25) is 11.7 Å². The first-order valence-electron chi connectivity index (χ1n) is 9.82. The van der Waals surface area contributed by atoms with Crippen LogP contribution in [0.25, 0.3) is 11.4 Å². The van der Waals surface area contributed by atoms with E-state index in [-0.39, 0.29) is 17.6 Å². The molecule has 1 unspecified atom stereocenters. The number of fused-ring (bicyclic) bond motifs is 1. The van der Waals surface area contributed by atoms with Crippen molar-refractivity contribution in [3.8, 4) is 17.1 Å². The van der Waals surface area contributed by atoms with Gasteiger partial charge in [0.25, 0.3) is 5.91 Å². The zero-order valence-electron chi connectivity index (χ0n) is 15.8. The predicted octanol–water partition coefficient (Wildman–Crippen LogP) is 3.83. The van der Waals surface area contributed by atoms with Gasteiger partial charge in [0.05, 0.1) is 12.5 Å². The highest BCUT2D eigenvalue weighted by molar-refractivity contribution is 5.94. The summed E-state index contributed by atoms with van der Waals surface area (Å²) in [4.78, 5) is 19.3. The first-order chi connectivity index (χ1) is 14.2. The minimum absolute atomic E-state index is 0.00858. The van der Waals surface area contributed by atoms with Crippen molar-refractivity contribution in [2.75, 3.05) is 19.7 Å². The van der Waals surface area contributed by atoms with E-state index in [0.717, 1.165) is 30.6 Å². The lowest BCUT2D eigenvalue weighted by Crippen LogP contribution is -2.39. The van der Waals surface area contributed by atoms with Crippen LogP contribution < -0.4 is 4.74 Å².